The SMILES string of the molecule is O=C(O)C1CCCN(C(=O)C2CCN(S(=O)(=O)c3ccc(Cl)cc3)CC2)C1. The van der Waals surface area contributed by atoms with E-state index in [4.69, 9.17) is 11.6 Å². The third-order valence-corrected chi connectivity index (χ3v) is 7.50. The van der Waals surface area contributed by atoms with Gasteiger partial charge in [-0.15, -0.1) is 0 Å². The number of amides is 1. The summed E-state index contributed by atoms with van der Waals surface area (Å²) in [6.07, 6.45) is 2.17. The molecule has 1 N–H and O–H groups in total. The molecule has 27 heavy (non-hydrogen) atoms. The summed E-state index contributed by atoms with van der Waals surface area (Å²) in [5.41, 5.74) is 0. The quantitative estimate of drug-likeness (QED) is 0.813. The van der Waals surface area contributed by atoms with Crippen molar-refractivity contribution in [2.75, 3.05) is 26.2 Å². The van der Waals surface area contributed by atoms with Crippen LogP contribution in [0.25, 0.3) is 0 Å². The largest absolute Gasteiger partial charge is 0.481 e. The lowest BCUT2D eigenvalue weighted by molar-refractivity contribution is -0.147. The molecule has 0 aromatic heterocycles. The number of benzene rings is 1. The Kier molecular flexibility index (Phi) is 6.08. The first kappa shape index (κ1) is 20.1. The highest BCUT2D eigenvalue weighted by Gasteiger charge is 2.36. The zero-order valence-electron chi connectivity index (χ0n) is 14.9. The van der Waals surface area contributed by atoms with Gasteiger partial charge in [-0.25, -0.2) is 8.42 Å². The van der Waals surface area contributed by atoms with Crippen LogP contribution >= 0.6 is 11.6 Å². The first-order chi connectivity index (χ1) is 12.8. The van der Waals surface area contributed by atoms with Crippen molar-refractivity contribution < 1.29 is 23.1 Å². The highest BCUT2D eigenvalue weighted by atomic mass is 35.5. The molecule has 7 nitrogen and oxygen atoms in total. The fourth-order valence-corrected chi connectivity index (χ4v) is 5.33. The van der Waals surface area contributed by atoms with Gasteiger partial charge in [-0.3, -0.25) is 9.59 Å². The highest BCUT2D eigenvalue weighted by molar-refractivity contribution is 7.89. The topological polar surface area (TPSA) is 95.0 Å². The molecule has 2 heterocycles. The van der Waals surface area contributed by atoms with Gasteiger partial charge in [-0.1, -0.05) is 11.6 Å². The number of carboxylic acid groups (broad SMARTS) is 1. The highest BCUT2D eigenvalue weighted by Crippen LogP contribution is 2.27. The molecule has 0 spiro atoms. The van der Waals surface area contributed by atoms with Crippen LogP contribution in [-0.2, 0) is 19.6 Å². The minimum atomic E-state index is -3.60. The third kappa shape index (κ3) is 4.44. The first-order valence-electron chi connectivity index (χ1n) is 9.06. The van der Waals surface area contributed by atoms with Gasteiger partial charge in [0.2, 0.25) is 15.9 Å². The van der Waals surface area contributed by atoms with Gasteiger partial charge in [0, 0.05) is 37.1 Å². The number of carboxylic acids is 1. The number of carbonyl (C=O) groups excluding carboxylic acids is 1. The molecule has 0 saturated carbocycles. The number of halogens is 1. The second-order valence-electron chi connectivity index (χ2n) is 7.09. The van der Waals surface area contributed by atoms with E-state index >= 15 is 0 Å². The van der Waals surface area contributed by atoms with Crippen molar-refractivity contribution in [3.8, 4) is 0 Å². The third-order valence-electron chi connectivity index (χ3n) is 5.34. The molecule has 2 aliphatic heterocycles. The molecule has 1 atom stereocenters. The van der Waals surface area contributed by atoms with E-state index in [9.17, 15) is 23.1 Å². The van der Waals surface area contributed by atoms with Gasteiger partial charge in [0.1, 0.15) is 0 Å². The maximum absolute atomic E-state index is 12.7. The minimum Gasteiger partial charge on any atom is -0.481 e. The molecule has 2 aliphatic rings. The van der Waals surface area contributed by atoms with E-state index < -0.39 is 21.9 Å². The molecule has 1 unspecified atom stereocenters. The predicted octanol–water partition coefficient (Wildman–Crippen LogP) is 2.06. The van der Waals surface area contributed by atoms with Crippen LogP contribution in [0.5, 0.6) is 0 Å². The van der Waals surface area contributed by atoms with Crippen LogP contribution in [0.1, 0.15) is 25.7 Å². The van der Waals surface area contributed by atoms with Crippen molar-refractivity contribution >= 4 is 33.5 Å². The number of nitrogens with zero attached hydrogens (tertiary/aromatic N) is 2. The van der Waals surface area contributed by atoms with Gasteiger partial charge in [-0.2, -0.15) is 4.31 Å². The molecule has 1 amide bonds. The van der Waals surface area contributed by atoms with Gasteiger partial charge < -0.3 is 10.0 Å². The Morgan fingerprint density at radius 2 is 1.63 bits per heavy atom. The lowest BCUT2D eigenvalue weighted by Gasteiger charge is -2.36. The van der Waals surface area contributed by atoms with E-state index in [0.29, 0.717) is 37.3 Å². The maximum Gasteiger partial charge on any atom is 0.308 e. The summed E-state index contributed by atoms with van der Waals surface area (Å²) in [5, 5.41) is 9.65. The number of hydrogen-bond acceptors (Lipinski definition) is 4. The number of rotatable bonds is 4. The molecule has 3 rings (SSSR count). The monoisotopic (exact) mass is 414 g/mol. The van der Waals surface area contributed by atoms with Crippen LogP contribution in [0.3, 0.4) is 0 Å². The summed E-state index contributed by atoms with van der Waals surface area (Å²) in [7, 11) is -3.60. The Bertz CT molecular complexity index is 804. The zero-order chi connectivity index (χ0) is 19.6. The Hall–Kier alpha value is -1.64. The van der Waals surface area contributed by atoms with E-state index in [1.54, 1.807) is 17.0 Å². The minimum absolute atomic E-state index is 0.0514. The molecule has 0 bridgehead atoms. The molecule has 0 aliphatic carbocycles. The van der Waals surface area contributed by atoms with Crippen LogP contribution in [0.4, 0.5) is 0 Å². The first-order valence-corrected chi connectivity index (χ1v) is 10.9. The predicted molar refractivity (Wildman–Crippen MR) is 99.9 cm³/mol. The molecule has 1 aromatic carbocycles. The van der Waals surface area contributed by atoms with E-state index in [-0.39, 0.29) is 36.4 Å². The Morgan fingerprint density at radius 3 is 2.22 bits per heavy atom. The number of aliphatic carboxylic acids is 1. The molecule has 0 radical (unpaired) electrons. The summed E-state index contributed by atoms with van der Waals surface area (Å²) in [6.45, 7) is 1.37. The molecule has 2 saturated heterocycles. The standard InChI is InChI=1S/C18H23ClN2O5S/c19-15-3-5-16(6-4-15)27(25,26)21-10-7-13(8-11-21)17(22)20-9-1-2-14(12-20)18(23)24/h3-6,13-14H,1-2,7-12H2,(H,23,24). The molecular weight excluding hydrogens is 392 g/mol. The fraction of sp³-hybridized carbons (Fsp3) is 0.556. The van der Waals surface area contributed by atoms with Gasteiger partial charge in [-0.05, 0) is 49.9 Å². The van der Waals surface area contributed by atoms with E-state index in [0.717, 1.165) is 0 Å². The van der Waals surface area contributed by atoms with Crippen LogP contribution in [0, 0.1) is 11.8 Å². The summed E-state index contributed by atoms with van der Waals surface area (Å²) in [5.74, 6) is -1.68. The second kappa shape index (κ2) is 8.16. The van der Waals surface area contributed by atoms with E-state index in [1.165, 1.54) is 16.4 Å². The van der Waals surface area contributed by atoms with Crippen molar-refractivity contribution in [3.05, 3.63) is 29.3 Å². The van der Waals surface area contributed by atoms with Gasteiger partial charge >= 0.3 is 5.97 Å². The van der Waals surface area contributed by atoms with Crippen molar-refractivity contribution in [2.24, 2.45) is 11.8 Å². The summed E-state index contributed by atoms with van der Waals surface area (Å²) < 4.78 is 26.8. The molecule has 2 fully saturated rings. The van der Waals surface area contributed by atoms with Crippen LogP contribution < -0.4 is 0 Å². The van der Waals surface area contributed by atoms with E-state index in [1.807, 2.05) is 0 Å². The lowest BCUT2D eigenvalue weighted by Crippen LogP contribution is -2.48. The van der Waals surface area contributed by atoms with Crippen LogP contribution in [-0.4, -0.2) is 60.8 Å². The van der Waals surface area contributed by atoms with Gasteiger partial charge in [0.15, 0.2) is 0 Å². The number of piperidine rings is 2. The second-order valence-corrected chi connectivity index (χ2v) is 9.47. The summed E-state index contributed by atoms with van der Waals surface area (Å²) in [4.78, 5) is 25.8. The molecule has 9 heteroatoms. The van der Waals surface area contributed by atoms with Gasteiger partial charge in [0.05, 0.1) is 10.8 Å². The van der Waals surface area contributed by atoms with Crippen LogP contribution in [0.2, 0.25) is 5.02 Å². The van der Waals surface area contributed by atoms with Gasteiger partial charge in [0.25, 0.3) is 0 Å². The summed E-state index contributed by atoms with van der Waals surface area (Å²) in [6, 6.07) is 6.04. The normalized spacial score (nSPS) is 22.6. The average Bonchev–Trinajstić information content (AvgIpc) is 2.68. The molecule has 148 valence electrons. The maximum atomic E-state index is 12.7. The Morgan fingerprint density at radius 1 is 1.00 bits per heavy atom. The molecule has 1 aromatic rings. The van der Waals surface area contributed by atoms with Crippen molar-refractivity contribution in [1.82, 2.24) is 9.21 Å². The van der Waals surface area contributed by atoms with Crippen LogP contribution in [0.15, 0.2) is 29.2 Å². The smallest absolute Gasteiger partial charge is 0.308 e. The van der Waals surface area contributed by atoms with Crippen molar-refractivity contribution in [2.45, 2.75) is 30.6 Å². The summed E-state index contributed by atoms with van der Waals surface area (Å²) >= 11 is 5.82. The Labute approximate surface area is 164 Å². The lowest BCUT2D eigenvalue weighted by atomic mass is 9.93. The molecular formula is C18H23ClN2O5S. The van der Waals surface area contributed by atoms with Crippen molar-refractivity contribution in [1.29, 1.82) is 0 Å². The number of likely N-dealkylation sites (tertiary alicyclic amines) is 1. The van der Waals surface area contributed by atoms with E-state index in [2.05, 4.69) is 0 Å². The number of carbonyl (C=O) groups is 2. The number of sulfonamides is 1. The average molecular weight is 415 g/mol. The fourth-order valence-electron chi connectivity index (χ4n) is 3.74. The number of hydrogen-bond donors (Lipinski definition) is 1. The Balaban J connectivity index is 1.60. The van der Waals surface area contributed by atoms with Crippen molar-refractivity contribution in [3.63, 3.8) is 0 Å². The zero-order valence-corrected chi connectivity index (χ0v) is 16.5.